The van der Waals surface area contributed by atoms with Gasteiger partial charge in [-0.15, -0.1) is 0 Å². The van der Waals surface area contributed by atoms with Crippen LogP contribution in [-0.2, 0) is 10.2 Å². The van der Waals surface area contributed by atoms with Crippen LogP contribution in [0.5, 0.6) is 0 Å². The molecule has 0 radical (unpaired) electrons. The Morgan fingerprint density at radius 1 is 1.19 bits per heavy atom. The zero-order valence-corrected chi connectivity index (χ0v) is 13.1. The molecular formula is C16H24N2O3. The molecule has 1 aromatic carbocycles. The number of nitrogens with one attached hydrogen (secondary N) is 2. The number of carboxylic acid groups (broad SMARTS) is 1. The van der Waals surface area contributed by atoms with Crippen molar-refractivity contribution < 1.29 is 14.7 Å². The lowest BCUT2D eigenvalue weighted by molar-refractivity contribution is -0.136. The standard InChI is InChI=1S/C16H24N2O3/c1-11(18-15(21)17-10-9-14(19)20)12-5-7-13(8-6-12)16(2,3)4/h5-8,11H,9-10H2,1-4H3,(H,19,20)(H2,17,18,21). The summed E-state index contributed by atoms with van der Waals surface area (Å²) in [7, 11) is 0. The fraction of sp³-hybridized carbons (Fsp3) is 0.500. The highest BCUT2D eigenvalue weighted by Crippen LogP contribution is 2.23. The van der Waals surface area contributed by atoms with E-state index in [1.807, 2.05) is 19.1 Å². The van der Waals surface area contributed by atoms with Crippen LogP contribution in [0.25, 0.3) is 0 Å². The quantitative estimate of drug-likeness (QED) is 0.781. The first kappa shape index (κ1) is 17.0. The van der Waals surface area contributed by atoms with Crippen LogP contribution < -0.4 is 10.6 Å². The molecule has 0 aliphatic carbocycles. The Morgan fingerprint density at radius 3 is 2.24 bits per heavy atom. The van der Waals surface area contributed by atoms with E-state index < -0.39 is 5.97 Å². The highest BCUT2D eigenvalue weighted by atomic mass is 16.4. The lowest BCUT2D eigenvalue weighted by atomic mass is 9.86. The molecule has 1 rings (SSSR count). The van der Waals surface area contributed by atoms with Crippen LogP contribution >= 0.6 is 0 Å². The summed E-state index contributed by atoms with van der Waals surface area (Å²) in [5, 5.41) is 13.8. The number of amides is 2. The van der Waals surface area contributed by atoms with Gasteiger partial charge in [0.1, 0.15) is 0 Å². The van der Waals surface area contributed by atoms with E-state index in [9.17, 15) is 9.59 Å². The second kappa shape index (κ2) is 7.11. The Hall–Kier alpha value is -2.04. The molecule has 0 fully saturated rings. The minimum atomic E-state index is -0.930. The van der Waals surface area contributed by atoms with Gasteiger partial charge in [0.05, 0.1) is 12.5 Å². The molecule has 3 N–H and O–H groups in total. The number of carbonyl (C=O) groups excluding carboxylic acids is 1. The molecular weight excluding hydrogens is 268 g/mol. The van der Waals surface area contributed by atoms with Gasteiger partial charge in [0.15, 0.2) is 0 Å². The Bertz CT molecular complexity index is 489. The summed E-state index contributed by atoms with van der Waals surface area (Å²) >= 11 is 0. The van der Waals surface area contributed by atoms with E-state index in [-0.39, 0.29) is 30.5 Å². The maximum Gasteiger partial charge on any atom is 0.315 e. The number of urea groups is 1. The molecule has 116 valence electrons. The third-order valence-corrected chi connectivity index (χ3v) is 3.25. The Balaban J connectivity index is 2.53. The topological polar surface area (TPSA) is 78.4 Å². The van der Waals surface area contributed by atoms with E-state index in [0.29, 0.717) is 0 Å². The Morgan fingerprint density at radius 2 is 1.76 bits per heavy atom. The average Bonchev–Trinajstić information content (AvgIpc) is 2.37. The number of carbonyl (C=O) groups is 2. The molecule has 1 aromatic rings. The van der Waals surface area contributed by atoms with Crippen molar-refractivity contribution in [2.75, 3.05) is 6.54 Å². The summed E-state index contributed by atoms with van der Waals surface area (Å²) in [6.45, 7) is 8.47. The second-order valence-electron chi connectivity index (χ2n) is 6.14. The van der Waals surface area contributed by atoms with Crippen molar-refractivity contribution >= 4 is 12.0 Å². The minimum absolute atomic E-state index is 0.0813. The number of carboxylic acids is 1. The molecule has 0 aliphatic rings. The molecule has 1 atom stereocenters. The molecule has 0 saturated heterocycles. The van der Waals surface area contributed by atoms with Crippen molar-refractivity contribution in [3.63, 3.8) is 0 Å². The minimum Gasteiger partial charge on any atom is -0.481 e. The normalized spacial score (nSPS) is 12.6. The van der Waals surface area contributed by atoms with Crippen LogP contribution in [0.1, 0.15) is 51.3 Å². The zero-order chi connectivity index (χ0) is 16.0. The highest BCUT2D eigenvalue weighted by molar-refractivity contribution is 5.75. The maximum absolute atomic E-state index is 11.6. The van der Waals surface area contributed by atoms with Gasteiger partial charge in [-0.1, -0.05) is 45.0 Å². The van der Waals surface area contributed by atoms with Crippen molar-refractivity contribution in [2.45, 2.75) is 45.6 Å². The summed E-state index contributed by atoms with van der Waals surface area (Å²) in [6, 6.07) is 7.64. The van der Waals surface area contributed by atoms with Gasteiger partial charge in [0, 0.05) is 6.54 Å². The van der Waals surface area contributed by atoms with Crippen LogP contribution in [0.15, 0.2) is 24.3 Å². The van der Waals surface area contributed by atoms with Crippen LogP contribution in [0.2, 0.25) is 0 Å². The summed E-state index contributed by atoms with van der Waals surface area (Å²) in [5.41, 5.74) is 2.35. The summed E-state index contributed by atoms with van der Waals surface area (Å²) in [5.74, 6) is -0.930. The summed E-state index contributed by atoms with van der Waals surface area (Å²) < 4.78 is 0. The van der Waals surface area contributed by atoms with Crippen LogP contribution in [0.3, 0.4) is 0 Å². The van der Waals surface area contributed by atoms with Crippen molar-refractivity contribution in [2.24, 2.45) is 0 Å². The molecule has 0 aromatic heterocycles. The molecule has 0 spiro atoms. The molecule has 2 amide bonds. The van der Waals surface area contributed by atoms with Crippen LogP contribution in [0, 0.1) is 0 Å². The smallest absolute Gasteiger partial charge is 0.315 e. The van der Waals surface area contributed by atoms with Gasteiger partial charge in [-0.2, -0.15) is 0 Å². The third kappa shape index (κ3) is 5.85. The fourth-order valence-electron chi connectivity index (χ4n) is 1.89. The van der Waals surface area contributed by atoms with E-state index >= 15 is 0 Å². The van der Waals surface area contributed by atoms with Gasteiger partial charge in [-0.25, -0.2) is 4.79 Å². The van der Waals surface area contributed by atoms with Crippen LogP contribution in [-0.4, -0.2) is 23.7 Å². The van der Waals surface area contributed by atoms with Crippen molar-refractivity contribution in [3.8, 4) is 0 Å². The van der Waals surface area contributed by atoms with Crippen LogP contribution in [0.4, 0.5) is 4.79 Å². The molecule has 0 heterocycles. The third-order valence-electron chi connectivity index (χ3n) is 3.25. The monoisotopic (exact) mass is 292 g/mol. The Kier molecular flexibility index (Phi) is 5.76. The lowest BCUT2D eigenvalue weighted by Crippen LogP contribution is -2.38. The molecule has 0 saturated carbocycles. The highest BCUT2D eigenvalue weighted by Gasteiger charge is 2.14. The molecule has 5 nitrogen and oxygen atoms in total. The first-order chi connectivity index (χ1) is 9.70. The van der Waals surface area contributed by atoms with Gasteiger partial charge in [0.2, 0.25) is 0 Å². The second-order valence-corrected chi connectivity index (χ2v) is 6.14. The number of aliphatic carboxylic acids is 1. The predicted octanol–water partition coefficient (Wildman–Crippen LogP) is 2.82. The first-order valence-electron chi connectivity index (χ1n) is 7.07. The number of rotatable bonds is 5. The fourth-order valence-corrected chi connectivity index (χ4v) is 1.89. The van der Waals surface area contributed by atoms with Crippen molar-refractivity contribution in [1.82, 2.24) is 10.6 Å². The van der Waals surface area contributed by atoms with Gasteiger partial charge in [-0.05, 0) is 23.5 Å². The van der Waals surface area contributed by atoms with Gasteiger partial charge < -0.3 is 15.7 Å². The molecule has 0 bridgehead atoms. The molecule has 1 unspecified atom stereocenters. The number of benzene rings is 1. The zero-order valence-electron chi connectivity index (χ0n) is 13.1. The molecule has 21 heavy (non-hydrogen) atoms. The van der Waals surface area contributed by atoms with E-state index in [1.165, 1.54) is 5.56 Å². The van der Waals surface area contributed by atoms with Gasteiger partial charge in [0.25, 0.3) is 0 Å². The number of hydrogen-bond donors (Lipinski definition) is 3. The summed E-state index contributed by atoms with van der Waals surface area (Å²) in [6.07, 6.45) is -0.0813. The van der Waals surface area contributed by atoms with E-state index in [0.717, 1.165) is 5.56 Å². The lowest BCUT2D eigenvalue weighted by Gasteiger charge is -2.20. The Labute approximate surface area is 125 Å². The number of hydrogen-bond acceptors (Lipinski definition) is 2. The average molecular weight is 292 g/mol. The molecule has 0 aliphatic heterocycles. The SMILES string of the molecule is CC(NC(=O)NCCC(=O)O)c1ccc(C(C)(C)C)cc1. The van der Waals surface area contributed by atoms with Crippen molar-refractivity contribution in [3.05, 3.63) is 35.4 Å². The first-order valence-corrected chi connectivity index (χ1v) is 7.07. The van der Waals surface area contributed by atoms with Gasteiger partial charge in [-0.3, -0.25) is 4.79 Å². The van der Waals surface area contributed by atoms with E-state index in [4.69, 9.17) is 5.11 Å². The maximum atomic E-state index is 11.6. The molecule has 5 heteroatoms. The van der Waals surface area contributed by atoms with Gasteiger partial charge >= 0.3 is 12.0 Å². The van der Waals surface area contributed by atoms with E-state index in [2.05, 4.69) is 43.5 Å². The predicted molar refractivity (Wildman–Crippen MR) is 82.3 cm³/mol. The largest absolute Gasteiger partial charge is 0.481 e. The summed E-state index contributed by atoms with van der Waals surface area (Å²) in [4.78, 5) is 22.0. The van der Waals surface area contributed by atoms with E-state index in [1.54, 1.807) is 0 Å². The van der Waals surface area contributed by atoms with Crippen molar-refractivity contribution in [1.29, 1.82) is 0 Å².